The van der Waals surface area contributed by atoms with Crippen molar-refractivity contribution >= 4 is 11.8 Å². The molecule has 7 nitrogen and oxygen atoms in total. The molecule has 0 bridgehead atoms. The Balaban J connectivity index is 1.85. The van der Waals surface area contributed by atoms with Crippen molar-refractivity contribution in [2.24, 2.45) is 5.92 Å². The molecule has 128 valence electrons. The van der Waals surface area contributed by atoms with Gasteiger partial charge in [0.25, 0.3) is 5.95 Å². The summed E-state index contributed by atoms with van der Waals surface area (Å²) in [6.45, 7) is 10.9. The van der Waals surface area contributed by atoms with E-state index in [0.29, 0.717) is 17.7 Å². The summed E-state index contributed by atoms with van der Waals surface area (Å²) in [5.41, 5.74) is 1.57. The number of amides is 2. The maximum absolute atomic E-state index is 12.7. The first kappa shape index (κ1) is 16.4. The fourth-order valence-electron chi connectivity index (χ4n) is 3.48. The SMILES string of the molecule is Cc1cc(C)nc(-n2nccc2NC(=O)N2CC(C)CC2(C)C)n1. The number of likely N-dealkylation sites (tertiary alicyclic amines) is 1. The normalized spacial score (nSPS) is 19.5. The lowest BCUT2D eigenvalue weighted by molar-refractivity contribution is 0.178. The number of urea groups is 1. The Bertz CT molecular complexity index is 746. The monoisotopic (exact) mass is 328 g/mol. The predicted octanol–water partition coefficient (Wildman–Crippen LogP) is 2.93. The zero-order chi connectivity index (χ0) is 17.5. The van der Waals surface area contributed by atoms with Gasteiger partial charge in [-0.3, -0.25) is 5.32 Å². The minimum Gasteiger partial charge on any atom is -0.319 e. The Morgan fingerprint density at radius 2 is 1.96 bits per heavy atom. The molecule has 3 rings (SSSR count). The van der Waals surface area contributed by atoms with Gasteiger partial charge in [-0.05, 0) is 46.1 Å². The van der Waals surface area contributed by atoms with E-state index in [1.54, 1.807) is 16.9 Å². The summed E-state index contributed by atoms with van der Waals surface area (Å²) in [6, 6.07) is 3.54. The average molecular weight is 328 g/mol. The van der Waals surface area contributed by atoms with Crippen LogP contribution >= 0.6 is 0 Å². The zero-order valence-corrected chi connectivity index (χ0v) is 14.9. The molecule has 0 spiro atoms. The molecule has 3 heterocycles. The summed E-state index contributed by atoms with van der Waals surface area (Å²) in [6.07, 6.45) is 2.63. The maximum Gasteiger partial charge on any atom is 0.323 e. The number of aromatic nitrogens is 4. The number of rotatable bonds is 2. The lowest BCUT2D eigenvalue weighted by Crippen LogP contribution is -2.45. The van der Waals surface area contributed by atoms with Gasteiger partial charge in [0.2, 0.25) is 0 Å². The number of carbonyl (C=O) groups excluding carboxylic acids is 1. The molecule has 1 aliphatic heterocycles. The van der Waals surface area contributed by atoms with E-state index in [4.69, 9.17) is 0 Å². The molecule has 2 aromatic heterocycles. The molecule has 24 heavy (non-hydrogen) atoms. The zero-order valence-electron chi connectivity index (χ0n) is 14.9. The van der Waals surface area contributed by atoms with Gasteiger partial charge in [0.1, 0.15) is 5.82 Å². The van der Waals surface area contributed by atoms with Crippen LogP contribution in [-0.4, -0.2) is 42.8 Å². The van der Waals surface area contributed by atoms with E-state index in [9.17, 15) is 4.79 Å². The van der Waals surface area contributed by atoms with Crippen molar-refractivity contribution in [2.75, 3.05) is 11.9 Å². The van der Waals surface area contributed by atoms with Crippen LogP contribution in [-0.2, 0) is 0 Å². The quantitative estimate of drug-likeness (QED) is 0.919. The first-order valence-electron chi connectivity index (χ1n) is 8.21. The largest absolute Gasteiger partial charge is 0.323 e. The second-order valence-corrected chi connectivity index (χ2v) is 7.24. The average Bonchev–Trinajstić information content (AvgIpc) is 3.01. The first-order chi connectivity index (χ1) is 11.3. The van der Waals surface area contributed by atoms with Gasteiger partial charge in [0.05, 0.1) is 6.20 Å². The number of carbonyl (C=O) groups is 1. The highest BCUT2D eigenvalue weighted by Gasteiger charge is 2.39. The van der Waals surface area contributed by atoms with Gasteiger partial charge < -0.3 is 4.90 Å². The van der Waals surface area contributed by atoms with Crippen molar-refractivity contribution in [3.05, 3.63) is 29.7 Å². The van der Waals surface area contributed by atoms with Crippen molar-refractivity contribution in [3.8, 4) is 5.95 Å². The summed E-state index contributed by atoms with van der Waals surface area (Å²) in [4.78, 5) is 23.4. The molecule has 0 aromatic carbocycles. The van der Waals surface area contributed by atoms with Crippen LogP contribution in [0.4, 0.5) is 10.6 Å². The lowest BCUT2D eigenvalue weighted by Gasteiger charge is -2.31. The predicted molar refractivity (Wildman–Crippen MR) is 92.2 cm³/mol. The second kappa shape index (κ2) is 5.89. The lowest BCUT2D eigenvalue weighted by atomic mass is 9.98. The molecule has 1 fully saturated rings. The molecule has 1 atom stereocenters. The third-order valence-corrected chi connectivity index (χ3v) is 4.36. The molecule has 1 saturated heterocycles. The van der Waals surface area contributed by atoms with E-state index in [-0.39, 0.29) is 11.6 Å². The van der Waals surface area contributed by atoms with Crippen LogP contribution in [0.15, 0.2) is 18.3 Å². The van der Waals surface area contributed by atoms with Crippen LogP contribution in [0.25, 0.3) is 5.95 Å². The van der Waals surface area contributed by atoms with E-state index in [1.165, 1.54) is 0 Å². The maximum atomic E-state index is 12.7. The smallest absolute Gasteiger partial charge is 0.319 e. The minimum absolute atomic E-state index is 0.115. The second-order valence-electron chi connectivity index (χ2n) is 7.24. The van der Waals surface area contributed by atoms with Gasteiger partial charge in [-0.15, -0.1) is 0 Å². The molecule has 2 aromatic rings. The van der Waals surface area contributed by atoms with Gasteiger partial charge in [-0.1, -0.05) is 6.92 Å². The topological polar surface area (TPSA) is 75.9 Å². The van der Waals surface area contributed by atoms with E-state index >= 15 is 0 Å². The Morgan fingerprint density at radius 1 is 1.29 bits per heavy atom. The highest BCUT2D eigenvalue weighted by Crippen LogP contribution is 2.32. The number of hydrogen-bond donors (Lipinski definition) is 1. The van der Waals surface area contributed by atoms with Crippen LogP contribution in [0.2, 0.25) is 0 Å². The van der Waals surface area contributed by atoms with Crippen molar-refractivity contribution in [2.45, 2.75) is 46.6 Å². The molecule has 1 unspecified atom stereocenters. The van der Waals surface area contributed by atoms with E-state index in [0.717, 1.165) is 24.4 Å². The Labute approximate surface area is 142 Å². The van der Waals surface area contributed by atoms with Crippen molar-refractivity contribution in [1.29, 1.82) is 0 Å². The van der Waals surface area contributed by atoms with Crippen LogP contribution in [0.5, 0.6) is 0 Å². The summed E-state index contributed by atoms with van der Waals surface area (Å²) in [5, 5.41) is 7.21. The summed E-state index contributed by atoms with van der Waals surface area (Å²) in [5.74, 6) is 1.53. The highest BCUT2D eigenvalue weighted by atomic mass is 16.2. The summed E-state index contributed by atoms with van der Waals surface area (Å²) < 4.78 is 1.56. The number of nitrogens with zero attached hydrogens (tertiary/aromatic N) is 5. The van der Waals surface area contributed by atoms with Crippen molar-refractivity contribution < 1.29 is 4.79 Å². The molecule has 2 amide bonds. The van der Waals surface area contributed by atoms with E-state index in [1.807, 2.05) is 24.8 Å². The number of hydrogen-bond acceptors (Lipinski definition) is 4. The molecule has 1 N–H and O–H groups in total. The van der Waals surface area contributed by atoms with E-state index < -0.39 is 0 Å². The standard InChI is InChI=1S/C17H24N6O/c1-11-9-17(4,5)22(10-11)16(24)21-14-6-7-18-23(14)15-19-12(2)8-13(3)20-15/h6-8,11H,9-10H2,1-5H3,(H,21,24). The minimum atomic E-state index is -0.148. The molecule has 0 aliphatic carbocycles. The van der Waals surface area contributed by atoms with Crippen LogP contribution in [0, 0.1) is 19.8 Å². The van der Waals surface area contributed by atoms with Gasteiger partial charge in [0.15, 0.2) is 0 Å². The third kappa shape index (κ3) is 3.11. The fourth-order valence-corrected chi connectivity index (χ4v) is 3.48. The first-order valence-corrected chi connectivity index (χ1v) is 8.21. The number of anilines is 1. The van der Waals surface area contributed by atoms with Crippen molar-refractivity contribution in [1.82, 2.24) is 24.6 Å². The highest BCUT2D eigenvalue weighted by molar-refractivity contribution is 5.89. The van der Waals surface area contributed by atoms with Crippen LogP contribution in [0.1, 0.15) is 38.6 Å². The van der Waals surface area contributed by atoms with Gasteiger partial charge in [0, 0.05) is 29.5 Å². The Kier molecular flexibility index (Phi) is 4.03. The van der Waals surface area contributed by atoms with Gasteiger partial charge in [-0.25, -0.2) is 14.8 Å². The van der Waals surface area contributed by atoms with Gasteiger partial charge >= 0.3 is 6.03 Å². The molecule has 0 radical (unpaired) electrons. The van der Waals surface area contributed by atoms with Gasteiger partial charge in [-0.2, -0.15) is 9.78 Å². The molecule has 7 heteroatoms. The van der Waals surface area contributed by atoms with Crippen LogP contribution < -0.4 is 5.32 Å². The van der Waals surface area contributed by atoms with Crippen LogP contribution in [0.3, 0.4) is 0 Å². The Morgan fingerprint density at radius 3 is 2.54 bits per heavy atom. The van der Waals surface area contributed by atoms with Crippen molar-refractivity contribution in [3.63, 3.8) is 0 Å². The Hall–Kier alpha value is -2.44. The number of aryl methyl sites for hydroxylation is 2. The molecular weight excluding hydrogens is 304 g/mol. The van der Waals surface area contributed by atoms with E-state index in [2.05, 4.69) is 41.2 Å². The molecule has 1 aliphatic rings. The molecule has 0 saturated carbocycles. The third-order valence-electron chi connectivity index (χ3n) is 4.36. The number of nitrogens with one attached hydrogen (secondary N) is 1. The fraction of sp³-hybridized carbons (Fsp3) is 0.529. The molecular formula is C17H24N6O. The summed E-state index contributed by atoms with van der Waals surface area (Å²) >= 11 is 0. The summed E-state index contributed by atoms with van der Waals surface area (Å²) in [7, 11) is 0.